The summed E-state index contributed by atoms with van der Waals surface area (Å²) in [7, 11) is 1.66. The summed E-state index contributed by atoms with van der Waals surface area (Å²) in [4.78, 5) is 4.67. The van der Waals surface area contributed by atoms with E-state index in [-0.39, 0.29) is 0 Å². The highest BCUT2D eigenvalue weighted by Crippen LogP contribution is 2.22. The molecular formula is C17H16N6O. The van der Waals surface area contributed by atoms with Crippen LogP contribution in [0.4, 0.5) is 5.82 Å². The number of aryl methyl sites for hydroxylation is 1. The number of methoxy groups -OCH3 is 1. The van der Waals surface area contributed by atoms with Gasteiger partial charge in [0.15, 0.2) is 5.82 Å². The molecule has 0 aliphatic rings. The molecule has 0 unspecified atom stereocenters. The van der Waals surface area contributed by atoms with E-state index in [1.165, 1.54) is 0 Å². The standard InChI is InChI=1S/C17H16N6O/c1-11-7-8-13-14(9-11)23-17(20-21-22-23)16(19-13)18-10-12-5-3-4-6-15(12)24-2/h3-9H,10H2,1-2H3,(H,18,19). The molecule has 0 saturated carbocycles. The molecular weight excluding hydrogens is 304 g/mol. The number of tetrazole rings is 1. The van der Waals surface area contributed by atoms with Crippen molar-refractivity contribution in [2.75, 3.05) is 12.4 Å². The lowest BCUT2D eigenvalue weighted by atomic mass is 10.2. The van der Waals surface area contributed by atoms with Crippen molar-refractivity contribution in [1.82, 2.24) is 25.0 Å². The summed E-state index contributed by atoms with van der Waals surface area (Å²) in [5, 5.41) is 15.3. The van der Waals surface area contributed by atoms with Gasteiger partial charge in [-0.3, -0.25) is 0 Å². The minimum atomic E-state index is 0.566. The lowest BCUT2D eigenvalue weighted by Gasteiger charge is -2.11. The Hall–Kier alpha value is -3.22. The number of nitrogens with one attached hydrogen (secondary N) is 1. The van der Waals surface area contributed by atoms with Crippen molar-refractivity contribution in [3.8, 4) is 5.75 Å². The summed E-state index contributed by atoms with van der Waals surface area (Å²) >= 11 is 0. The van der Waals surface area contributed by atoms with Gasteiger partial charge in [-0.2, -0.15) is 4.52 Å². The van der Waals surface area contributed by atoms with E-state index in [2.05, 4.69) is 25.8 Å². The number of ether oxygens (including phenoxy) is 1. The summed E-state index contributed by atoms with van der Waals surface area (Å²) in [5.41, 5.74) is 4.50. The van der Waals surface area contributed by atoms with Gasteiger partial charge in [0.1, 0.15) is 5.75 Å². The molecule has 2 heterocycles. The number of para-hydroxylation sites is 1. The van der Waals surface area contributed by atoms with Crippen LogP contribution in [0.2, 0.25) is 0 Å². The normalized spacial score (nSPS) is 11.1. The van der Waals surface area contributed by atoms with Crippen LogP contribution in [0.1, 0.15) is 11.1 Å². The average Bonchev–Trinajstić information content (AvgIpc) is 3.10. The maximum absolute atomic E-state index is 5.38. The van der Waals surface area contributed by atoms with E-state index in [0.717, 1.165) is 27.9 Å². The third-order valence-electron chi connectivity index (χ3n) is 3.91. The van der Waals surface area contributed by atoms with E-state index in [4.69, 9.17) is 4.74 Å². The molecule has 0 saturated heterocycles. The molecule has 0 amide bonds. The number of benzene rings is 2. The maximum atomic E-state index is 5.38. The van der Waals surface area contributed by atoms with Crippen LogP contribution >= 0.6 is 0 Å². The first kappa shape index (κ1) is 14.4. The first-order valence-electron chi connectivity index (χ1n) is 7.60. The van der Waals surface area contributed by atoms with Crippen LogP contribution in [0.15, 0.2) is 42.5 Å². The topological polar surface area (TPSA) is 77.2 Å². The molecule has 0 aliphatic carbocycles. The number of nitrogens with zero attached hydrogens (tertiary/aromatic N) is 5. The Morgan fingerprint density at radius 3 is 2.92 bits per heavy atom. The lowest BCUT2D eigenvalue weighted by molar-refractivity contribution is 0.410. The fourth-order valence-electron chi connectivity index (χ4n) is 2.71. The number of anilines is 1. The monoisotopic (exact) mass is 320 g/mol. The minimum absolute atomic E-state index is 0.566. The van der Waals surface area contributed by atoms with Gasteiger partial charge in [-0.15, -0.1) is 5.10 Å². The van der Waals surface area contributed by atoms with Crippen LogP contribution in [0.25, 0.3) is 16.7 Å². The Bertz CT molecular complexity index is 1030. The van der Waals surface area contributed by atoms with Crippen molar-refractivity contribution in [3.05, 3.63) is 53.6 Å². The Labute approximate surface area is 138 Å². The summed E-state index contributed by atoms with van der Waals surface area (Å²) in [6, 6.07) is 13.9. The third-order valence-corrected chi connectivity index (χ3v) is 3.91. The molecule has 4 rings (SSSR count). The largest absolute Gasteiger partial charge is 0.496 e. The number of fused-ring (bicyclic) bond motifs is 3. The quantitative estimate of drug-likeness (QED) is 0.623. The number of rotatable bonds is 4. The maximum Gasteiger partial charge on any atom is 0.222 e. The Morgan fingerprint density at radius 2 is 2.04 bits per heavy atom. The molecule has 7 nitrogen and oxygen atoms in total. The molecule has 24 heavy (non-hydrogen) atoms. The van der Waals surface area contributed by atoms with Crippen molar-refractivity contribution >= 4 is 22.5 Å². The Balaban J connectivity index is 1.76. The second-order valence-corrected chi connectivity index (χ2v) is 5.53. The second kappa shape index (κ2) is 5.77. The highest BCUT2D eigenvalue weighted by Gasteiger charge is 2.12. The van der Waals surface area contributed by atoms with Gasteiger partial charge in [0, 0.05) is 12.1 Å². The summed E-state index contributed by atoms with van der Waals surface area (Å²) in [5.74, 6) is 1.47. The van der Waals surface area contributed by atoms with Crippen LogP contribution in [-0.2, 0) is 6.54 Å². The molecule has 0 fully saturated rings. The molecule has 2 aromatic carbocycles. The van der Waals surface area contributed by atoms with E-state index in [1.807, 2.05) is 49.4 Å². The van der Waals surface area contributed by atoms with Gasteiger partial charge in [-0.25, -0.2) is 4.98 Å². The second-order valence-electron chi connectivity index (χ2n) is 5.53. The van der Waals surface area contributed by atoms with Gasteiger partial charge in [-0.05, 0) is 41.1 Å². The molecule has 0 spiro atoms. The number of hydrogen-bond donors (Lipinski definition) is 1. The molecule has 0 aliphatic heterocycles. The highest BCUT2D eigenvalue weighted by atomic mass is 16.5. The Kier molecular flexibility index (Phi) is 3.45. The molecule has 0 bridgehead atoms. The van der Waals surface area contributed by atoms with E-state index in [0.29, 0.717) is 18.0 Å². The SMILES string of the molecule is COc1ccccc1CNc1nc2ccc(C)cc2n2nnnc12. The predicted molar refractivity (Wildman–Crippen MR) is 91.1 cm³/mol. The van der Waals surface area contributed by atoms with Crippen molar-refractivity contribution < 1.29 is 4.74 Å². The number of hydrogen-bond acceptors (Lipinski definition) is 6. The summed E-state index contributed by atoms with van der Waals surface area (Å²) in [6.07, 6.45) is 0. The summed E-state index contributed by atoms with van der Waals surface area (Å²) < 4.78 is 7.09. The summed E-state index contributed by atoms with van der Waals surface area (Å²) in [6.45, 7) is 2.60. The molecule has 1 N–H and O–H groups in total. The van der Waals surface area contributed by atoms with Crippen LogP contribution in [0.5, 0.6) is 5.75 Å². The molecule has 2 aromatic heterocycles. The minimum Gasteiger partial charge on any atom is -0.496 e. The first-order valence-corrected chi connectivity index (χ1v) is 7.60. The van der Waals surface area contributed by atoms with Gasteiger partial charge in [0.2, 0.25) is 5.65 Å². The molecule has 7 heteroatoms. The van der Waals surface area contributed by atoms with Crippen LogP contribution in [0, 0.1) is 6.92 Å². The Morgan fingerprint density at radius 1 is 1.17 bits per heavy atom. The van der Waals surface area contributed by atoms with Crippen molar-refractivity contribution in [2.45, 2.75) is 13.5 Å². The van der Waals surface area contributed by atoms with Crippen molar-refractivity contribution in [3.63, 3.8) is 0 Å². The molecule has 120 valence electrons. The van der Waals surface area contributed by atoms with Crippen LogP contribution in [0.3, 0.4) is 0 Å². The van der Waals surface area contributed by atoms with Crippen molar-refractivity contribution in [1.29, 1.82) is 0 Å². The van der Waals surface area contributed by atoms with Gasteiger partial charge < -0.3 is 10.1 Å². The van der Waals surface area contributed by atoms with Crippen LogP contribution in [-0.4, -0.2) is 32.1 Å². The first-order chi connectivity index (χ1) is 11.8. The van der Waals surface area contributed by atoms with Gasteiger partial charge in [-0.1, -0.05) is 24.3 Å². The third kappa shape index (κ3) is 2.40. The van der Waals surface area contributed by atoms with Crippen molar-refractivity contribution in [2.24, 2.45) is 0 Å². The molecule has 0 radical (unpaired) electrons. The van der Waals surface area contributed by atoms with E-state index < -0.39 is 0 Å². The van der Waals surface area contributed by atoms with Gasteiger partial charge in [0.25, 0.3) is 0 Å². The smallest absolute Gasteiger partial charge is 0.222 e. The molecule has 4 aromatic rings. The predicted octanol–water partition coefficient (Wildman–Crippen LogP) is 2.60. The zero-order valence-electron chi connectivity index (χ0n) is 13.4. The zero-order valence-corrected chi connectivity index (χ0v) is 13.4. The lowest BCUT2D eigenvalue weighted by Crippen LogP contribution is -2.06. The van der Waals surface area contributed by atoms with Crippen LogP contribution < -0.4 is 10.1 Å². The van der Waals surface area contributed by atoms with E-state index >= 15 is 0 Å². The van der Waals surface area contributed by atoms with E-state index in [9.17, 15) is 0 Å². The average molecular weight is 320 g/mol. The highest BCUT2D eigenvalue weighted by molar-refractivity contribution is 5.82. The fraction of sp³-hybridized carbons (Fsp3) is 0.176. The fourth-order valence-corrected chi connectivity index (χ4v) is 2.71. The van der Waals surface area contributed by atoms with Gasteiger partial charge >= 0.3 is 0 Å². The van der Waals surface area contributed by atoms with E-state index in [1.54, 1.807) is 11.6 Å². The van der Waals surface area contributed by atoms with Gasteiger partial charge in [0.05, 0.1) is 18.1 Å². The zero-order chi connectivity index (χ0) is 16.5. The molecule has 0 atom stereocenters. The number of aromatic nitrogens is 5.